The number of amides is 1. The van der Waals surface area contributed by atoms with Crippen LogP contribution in [0.5, 0.6) is 0 Å². The van der Waals surface area contributed by atoms with E-state index in [-0.39, 0.29) is 30.0 Å². The van der Waals surface area contributed by atoms with Crippen molar-refractivity contribution in [3.05, 3.63) is 42.7 Å². The van der Waals surface area contributed by atoms with Crippen molar-refractivity contribution in [3.8, 4) is 0 Å². The Kier molecular flexibility index (Phi) is 11.7. The minimum Gasteiger partial charge on any atom is -0.756 e. The molecule has 10 atom stereocenters. The van der Waals surface area contributed by atoms with E-state index in [4.69, 9.17) is 20.9 Å². The number of nitrogens with two attached hydrogens (primary N) is 2. The number of imidazole rings is 1. The van der Waals surface area contributed by atoms with E-state index in [1.165, 1.54) is 29.1 Å². The van der Waals surface area contributed by atoms with Crippen LogP contribution in [0.1, 0.15) is 30.2 Å². The lowest BCUT2D eigenvalue weighted by Gasteiger charge is -2.26. The van der Waals surface area contributed by atoms with E-state index in [0.717, 1.165) is 17.2 Å². The summed E-state index contributed by atoms with van der Waals surface area (Å²) in [5, 5.41) is 31.5. The summed E-state index contributed by atoms with van der Waals surface area (Å²) in [6.07, 6.45) is -8.59. The van der Waals surface area contributed by atoms with Gasteiger partial charge in [0, 0.05) is 6.07 Å². The molecule has 0 spiro atoms. The number of pyridine rings is 1. The van der Waals surface area contributed by atoms with E-state index in [9.17, 15) is 53.4 Å². The topological polar surface area (TPSA) is 368 Å². The summed E-state index contributed by atoms with van der Waals surface area (Å²) in [6, 6.07) is 2.77. The number of rotatable bonds is 13. The largest absolute Gasteiger partial charge is 0.756 e. The molecule has 2 unspecified atom stereocenters. The first-order chi connectivity index (χ1) is 22.4. The lowest BCUT2D eigenvalue weighted by Crippen LogP contribution is -2.46. The van der Waals surface area contributed by atoms with Crippen LogP contribution in [0.25, 0.3) is 11.2 Å². The van der Waals surface area contributed by atoms with Gasteiger partial charge in [-0.25, -0.2) is 28.4 Å². The van der Waals surface area contributed by atoms with Crippen LogP contribution < -0.4 is 20.9 Å². The summed E-state index contributed by atoms with van der Waals surface area (Å²) in [4.78, 5) is 64.4. The monoisotopic (exact) mass is 759 g/mol. The summed E-state index contributed by atoms with van der Waals surface area (Å²) in [6.45, 7) is -2.12. The first-order valence-electron chi connectivity index (χ1n) is 13.3. The molecule has 5 heterocycles. The molecule has 272 valence electrons. The minimum atomic E-state index is -5.72. The Labute approximate surface area is 275 Å². The SMILES string of the molecule is C.NC(=O)c1ccc[n+]([C@@H]2O[C@H](COP(=O)([O-])OP(=O)(O)OC[C@H]3O[C@@H](n4cnc5c(N)ncnc54)[C@H](OP(=O)(O)O)[C@@H]3O)[C@@H](O)[C@H]2O)c1. The molecule has 24 nitrogen and oxygen atoms in total. The summed E-state index contributed by atoms with van der Waals surface area (Å²) in [7, 11) is -16.6. The smallest absolute Gasteiger partial charge is 0.478 e. The van der Waals surface area contributed by atoms with Crippen LogP contribution in [0.2, 0.25) is 0 Å². The number of nitrogen functional groups attached to an aromatic ring is 1. The Balaban J connectivity index is 0.00000541. The van der Waals surface area contributed by atoms with E-state index < -0.39 is 91.7 Å². The summed E-state index contributed by atoms with van der Waals surface area (Å²) in [5.41, 5.74) is 11.1. The van der Waals surface area contributed by atoms with Crippen molar-refractivity contribution in [3.63, 3.8) is 0 Å². The molecule has 0 radical (unpaired) electrons. The maximum Gasteiger partial charge on any atom is 0.478 e. The fourth-order valence-corrected chi connectivity index (χ4v) is 7.42. The molecule has 0 bridgehead atoms. The summed E-state index contributed by atoms with van der Waals surface area (Å²) in [5.74, 6) is -0.862. The number of primary amides is 1. The molecule has 3 aromatic rings. The van der Waals surface area contributed by atoms with Crippen LogP contribution >= 0.6 is 23.5 Å². The van der Waals surface area contributed by atoms with Crippen LogP contribution in [0.4, 0.5) is 5.82 Å². The van der Waals surface area contributed by atoms with E-state index >= 15 is 0 Å². The molecule has 49 heavy (non-hydrogen) atoms. The highest BCUT2D eigenvalue weighted by Gasteiger charge is 2.51. The van der Waals surface area contributed by atoms with Gasteiger partial charge in [-0.05, 0) is 6.07 Å². The molecule has 1 amide bonds. The zero-order valence-electron chi connectivity index (χ0n) is 23.9. The molecule has 0 saturated carbocycles. The first kappa shape index (κ1) is 38.9. The molecule has 5 rings (SSSR count). The standard InChI is InChI=1S/C21H28N7O17P3.CH4/c22-17-12-19(25-7-24-17)28(8-26-12)21-16(44-46(33,34)35)14(30)11(43-21)6-41-48(38,39)45-47(36,37)40-5-10-13(29)15(31)20(42-10)27-3-1-2-9(4-27)18(23)32;/h1-4,7-8,10-11,13-16,20-21,29-31H,5-6H2,(H7-,22,23,24,25,32,33,34,35,36,37,38,39);1H4/t10-,11-,13-,14-,15-,16-,20-,21-;/m1./s1. The number of ether oxygens (including phenoxy) is 2. The molecule has 27 heteroatoms. The molecular weight excluding hydrogens is 727 g/mol. The van der Waals surface area contributed by atoms with Gasteiger partial charge in [0.25, 0.3) is 20.0 Å². The highest BCUT2D eigenvalue weighted by Crippen LogP contribution is 2.58. The van der Waals surface area contributed by atoms with Gasteiger partial charge in [-0.3, -0.25) is 23.0 Å². The van der Waals surface area contributed by atoms with Crippen molar-refractivity contribution in [1.82, 2.24) is 19.5 Å². The predicted octanol–water partition coefficient (Wildman–Crippen LogP) is -2.89. The van der Waals surface area contributed by atoms with Gasteiger partial charge in [-0.2, -0.15) is 4.57 Å². The average Bonchev–Trinajstić information content (AvgIpc) is 3.64. The van der Waals surface area contributed by atoms with Crippen molar-refractivity contribution in [2.45, 2.75) is 56.5 Å². The van der Waals surface area contributed by atoms with Crippen molar-refractivity contribution in [2.24, 2.45) is 5.73 Å². The molecule has 3 aromatic heterocycles. The Bertz CT molecular complexity index is 1810. The van der Waals surface area contributed by atoms with Gasteiger partial charge < -0.3 is 60.4 Å². The number of carbonyl (C=O) groups is 1. The number of aromatic nitrogens is 5. The van der Waals surface area contributed by atoms with E-state index in [1.807, 2.05) is 0 Å². The fraction of sp³-hybridized carbons (Fsp3) is 0.500. The molecule has 2 fully saturated rings. The third-order valence-electron chi connectivity index (χ3n) is 6.97. The van der Waals surface area contributed by atoms with Crippen molar-refractivity contribution < 1.29 is 85.3 Å². The van der Waals surface area contributed by atoms with Crippen LogP contribution in [0, 0.1) is 0 Å². The number of aliphatic hydroxyl groups excluding tert-OH is 3. The molecular formula is C22H32N7O17P3. The van der Waals surface area contributed by atoms with Gasteiger partial charge in [0.05, 0.1) is 19.5 Å². The zero-order chi connectivity index (χ0) is 35.2. The number of nitrogens with zero attached hydrogens (tertiary/aromatic N) is 5. The predicted molar refractivity (Wildman–Crippen MR) is 155 cm³/mol. The third-order valence-corrected chi connectivity index (χ3v) is 10.1. The van der Waals surface area contributed by atoms with Crippen LogP contribution in [-0.4, -0.2) is 105 Å². The van der Waals surface area contributed by atoms with Gasteiger partial charge in [0.1, 0.15) is 47.9 Å². The maximum atomic E-state index is 12.5. The fourth-order valence-electron chi connectivity index (χ4n) is 4.82. The molecule has 2 aliphatic rings. The first-order valence-corrected chi connectivity index (χ1v) is 17.8. The van der Waals surface area contributed by atoms with Crippen molar-refractivity contribution in [1.29, 1.82) is 0 Å². The lowest BCUT2D eigenvalue weighted by molar-refractivity contribution is -0.765. The number of aliphatic hydroxyl groups is 3. The highest BCUT2D eigenvalue weighted by atomic mass is 31.3. The van der Waals surface area contributed by atoms with Gasteiger partial charge in [0.2, 0.25) is 0 Å². The lowest BCUT2D eigenvalue weighted by atomic mass is 10.1. The van der Waals surface area contributed by atoms with Crippen molar-refractivity contribution >= 4 is 46.4 Å². The average molecular weight is 759 g/mol. The zero-order valence-corrected chi connectivity index (χ0v) is 26.6. The Morgan fingerprint density at radius 1 is 1.02 bits per heavy atom. The number of hydrogen-bond donors (Lipinski definition) is 8. The number of fused-ring (bicyclic) bond motifs is 1. The van der Waals surface area contributed by atoms with Crippen molar-refractivity contribution in [2.75, 3.05) is 18.9 Å². The Hall–Kier alpha value is -2.86. The highest BCUT2D eigenvalue weighted by molar-refractivity contribution is 7.60. The van der Waals surface area contributed by atoms with E-state index in [1.54, 1.807) is 0 Å². The number of hydrogen-bond acceptors (Lipinski definition) is 18. The second-order valence-electron chi connectivity index (χ2n) is 10.2. The number of phosphoric acid groups is 3. The van der Waals surface area contributed by atoms with Crippen LogP contribution in [0.3, 0.4) is 0 Å². The Morgan fingerprint density at radius 3 is 2.37 bits per heavy atom. The van der Waals surface area contributed by atoms with E-state index in [0.29, 0.717) is 0 Å². The second-order valence-corrected chi connectivity index (χ2v) is 14.4. The Morgan fingerprint density at radius 2 is 1.69 bits per heavy atom. The van der Waals surface area contributed by atoms with Gasteiger partial charge in [0.15, 0.2) is 36.2 Å². The summed E-state index contributed by atoms with van der Waals surface area (Å²) < 4.78 is 67.9. The quantitative estimate of drug-likeness (QED) is 0.0640. The number of anilines is 1. The van der Waals surface area contributed by atoms with Gasteiger partial charge in [-0.1, -0.05) is 7.43 Å². The van der Waals surface area contributed by atoms with Crippen LogP contribution in [0.15, 0.2) is 37.2 Å². The second kappa shape index (κ2) is 14.8. The molecule has 0 aromatic carbocycles. The van der Waals surface area contributed by atoms with E-state index in [2.05, 4.69) is 32.8 Å². The number of carbonyl (C=O) groups excluding carboxylic acids is 1. The van der Waals surface area contributed by atoms with Gasteiger partial charge in [-0.15, -0.1) is 0 Å². The van der Waals surface area contributed by atoms with Gasteiger partial charge >= 0.3 is 15.6 Å². The molecule has 2 saturated heterocycles. The number of phosphoric ester groups is 3. The minimum absolute atomic E-state index is 0. The maximum absolute atomic E-state index is 12.5. The molecule has 2 aliphatic heterocycles. The third kappa shape index (κ3) is 8.90. The van der Waals surface area contributed by atoms with Crippen LogP contribution in [-0.2, 0) is 41.1 Å². The summed E-state index contributed by atoms with van der Waals surface area (Å²) >= 11 is 0. The normalized spacial score (nSPS) is 29.7. The molecule has 10 N–H and O–H groups in total. The molecule has 0 aliphatic carbocycles.